The lowest BCUT2D eigenvalue weighted by Gasteiger charge is -2.25. The van der Waals surface area contributed by atoms with E-state index < -0.39 is 0 Å². The molecule has 0 aromatic carbocycles. The van der Waals surface area contributed by atoms with Gasteiger partial charge in [-0.25, -0.2) is 0 Å². The van der Waals surface area contributed by atoms with Crippen LogP contribution in [-0.4, -0.2) is 22.6 Å². The van der Waals surface area contributed by atoms with Crippen molar-refractivity contribution in [1.29, 1.82) is 0 Å². The third-order valence-corrected chi connectivity index (χ3v) is 2.31. The van der Waals surface area contributed by atoms with Crippen molar-refractivity contribution >= 4 is 0 Å². The molecular weight excluding hydrogens is 148 g/mol. The molecule has 0 unspecified atom stereocenters. The van der Waals surface area contributed by atoms with Crippen LogP contribution in [0.2, 0.25) is 0 Å². The predicted molar refractivity (Wildman–Crippen MR) is 49.6 cm³/mol. The Morgan fingerprint density at radius 2 is 1.58 bits per heavy atom. The first-order chi connectivity index (χ1) is 5.95. The molecule has 0 bridgehead atoms. The topological polar surface area (TPSA) is 8.17 Å². The van der Waals surface area contributed by atoms with Gasteiger partial charge in [0.1, 0.15) is 6.67 Å². The van der Waals surface area contributed by atoms with Crippen LogP contribution in [0.3, 0.4) is 0 Å². The maximum Gasteiger partial charge on any atom is 0.121 e. The molecule has 65 valence electrons. The molecule has 2 rings (SSSR count). The summed E-state index contributed by atoms with van der Waals surface area (Å²) >= 11 is 0. The Morgan fingerprint density at radius 1 is 0.917 bits per heavy atom. The molecule has 1 aliphatic rings. The second-order valence-electron chi connectivity index (χ2n) is 3.34. The summed E-state index contributed by atoms with van der Waals surface area (Å²) in [4.78, 5) is 2.39. The molecule has 0 spiro atoms. The van der Waals surface area contributed by atoms with Crippen LogP contribution in [0.4, 0.5) is 0 Å². The standard InChI is InChI=1S/C10H15N2/c1-2-6-11(7-3-1)10-12-8-4-5-9-12/h4-5,8-10H,1-3,6-7H2. The minimum absolute atomic E-state index is 1.22. The normalized spacial score (nSPS) is 19.7. The molecule has 2 heteroatoms. The lowest BCUT2D eigenvalue weighted by molar-refractivity contribution is 0.263. The zero-order valence-electron chi connectivity index (χ0n) is 7.32. The minimum atomic E-state index is 1.22. The number of likely N-dealkylation sites (tertiary alicyclic amines) is 1. The Bertz CT molecular complexity index is 210. The summed E-state index contributed by atoms with van der Waals surface area (Å²) < 4.78 is 2.12. The van der Waals surface area contributed by atoms with Crippen LogP contribution in [0.25, 0.3) is 0 Å². The largest absolute Gasteiger partial charge is 0.335 e. The Labute approximate surface area is 73.8 Å². The van der Waals surface area contributed by atoms with E-state index in [4.69, 9.17) is 0 Å². The first-order valence-corrected chi connectivity index (χ1v) is 4.67. The van der Waals surface area contributed by atoms with E-state index in [2.05, 4.69) is 40.7 Å². The SMILES string of the molecule is [CH](N1CCCCC1)n1cccc1. The molecule has 0 N–H and O–H groups in total. The van der Waals surface area contributed by atoms with E-state index in [0.29, 0.717) is 0 Å². The third kappa shape index (κ3) is 1.89. The number of aromatic nitrogens is 1. The number of rotatable bonds is 2. The second kappa shape index (κ2) is 3.76. The Hall–Kier alpha value is -0.760. The van der Waals surface area contributed by atoms with Gasteiger partial charge in [-0.15, -0.1) is 0 Å². The lowest BCUT2D eigenvalue weighted by Crippen LogP contribution is -2.29. The molecular formula is C10H15N2. The summed E-state index contributed by atoms with van der Waals surface area (Å²) in [5.74, 6) is 0. The predicted octanol–water partition coefficient (Wildman–Crippen LogP) is 1.94. The minimum Gasteiger partial charge on any atom is -0.335 e. The highest BCUT2D eigenvalue weighted by molar-refractivity contribution is 4.94. The summed E-state index contributed by atoms with van der Waals surface area (Å²) in [7, 11) is 0. The maximum absolute atomic E-state index is 2.39. The van der Waals surface area contributed by atoms with Crippen molar-refractivity contribution in [3.63, 3.8) is 0 Å². The molecule has 1 aromatic rings. The van der Waals surface area contributed by atoms with Crippen LogP contribution in [0.15, 0.2) is 24.5 Å². The molecule has 0 amide bonds. The molecule has 0 saturated carbocycles. The van der Waals surface area contributed by atoms with Crippen LogP contribution in [0.1, 0.15) is 19.3 Å². The highest BCUT2D eigenvalue weighted by atomic mass is 15.2. The zero-order chi connectivity index (χ0) is 8.23. The molecule has 12 heavy (non-hydrogen) atoms. The van der Waals surface area contributed by atoms with Crippen molar-refractivity contribution in [2.24, 2.45) is 0 Å². The van der Waals surface area contributed by atoms with Gasteiger partial charge in [-0.2, -0.15) is 0 Å². The molecule has 1 aromatic heterocycles. The third-order valence-electron chi connectivity index (χ3n) is 2.31. The van der Waals surface area contributed by atoms with Gasteiger partial charge in [0.2, 0.25) is 0 Å². The van der Waals surface area contributed by atoms with Gasteiger partial charge < -0.3 is 4.57 Å². The lowest BCUT2D eigenvalue weighted by atomic mass is 10.1. The van der Waals surface area contributed by atoms with Crippen LogP contribution in [0, 0.1) is 6.67 Å². The van der Waals surface area contributed by atoms with Gasteiger partial charge in [-0.3, -0.25) is 4.90 Å². The van der Waals surface area contributed by atoms with Crippen LogP contribution < -0.4 is 0 Å². The molecule has 0 atom stereocenters. The smallest absolute Gasteiger partial charge is 0.121 e. The van der Waals surface area contributed by atoms with E-state index in [9.17, 15) is 0 Å². The molecule has 1 saturated heterocycles. The van der Waals surface area contributed by atoms with Gasteiger partial charge in [0.15, 0.2) is 0 Å². The Balaban J connectivity index is 1.86. The molecule has 1 aliphatic heterocycles. The van der Waals surface area contributed by atoms with Crippen molar-refractivity contribution < 1.29 is 0 Å². The molecule has 1 radical (unpaired) electrons. The molecule has 2 heterocycles. The van der Waals surface area contributed by atoms with Gasteiger partial charge in [-0.05, 0) is 25.0 Å². The van der Waals surface area contributed by atoms with Crippen molar-refractivity contribution in [3.05, 3.63) is 31.2 Å². The average Bonchev–Trinajstić information content (AvgIpc) is 2.59. The maximum atomic E-state index is 2.39. The molecule has 0 aliphatic carbocycles. The van der Waals surface area contributed by atoms with E-state index in [0.717, 1.165) is 0 Å². The van der Waals surface area contributed by atoms with E-state index in [1.165, 1.54) is 32.4 Å². The molecule has 2 nitrogen and oxygen atoms in total. The Morgan fingerprint density at radius 3 is 2.25 bits per heavy atom. The van der Waals surface area contributed by atoms with Crippen LogP contribution in [0.5, 0.6) is 0 Å². The number of hydrogen-bond acceptors (Lipinski definition) is 1. The van der Waals surface area contributed by atoms with Gasteiger partial charge >= 0.3 is 0 Å². The fraction of sp³-hybridized carbons (Fsp3) is 0.500. The highest BCUT2D eigenvalue weighted by Gasteiger charge is 2.09. The summed E-state index contributed by atoms with van der Waals surface area (Å²) in [5, 5.41) is 0. The average molecular weight is 163 g/mol. The summed E-state index contributed by atoms with van der Waals surface area (Å²) in [6.07, 6.45) is 8.24. The highest BCUT2D eigenvalue weighted by Crippen LogP contribution is 2.10. The van der Waals surface area contributed by atoms with Gasteiger partial charge in [-0.1, -0.05) is 6.42 Å². The van der Waals surface area contributed by atoms with Gasteiger partial charge in [0.05, 0.1) is 0 Å². The molecule has 1 fully saturated rings. The van der Waals surface area contributed by atoms with Gasteiger partial charge in [0, 0.05) is 25.5 Å². The fourth-order valence-electron chi connectivity index (χ4n) is 1.65. The van der Waals surface area contributed by atoms with Crippen molar-refractivity contribution in [2.75, 3.05) is 13.1 Å². The van der Waals surface area contributed by atoms with E-state index in [1.54, 1.807) is 0 Å². The summed E-state index contributed by atoms with van der Waals surface area (Å²) in [6, 6.07) is 4.11. The Kier molecular flexibility index (Phi) is 2.47. The van der Waals surface area contributed by atoms with E-state index in [1.807, 2.05) is 0 Å². The number of hydrogen-bond donors (Lipinski definition) is 0. The van der Waals surface area contributed by atoms with Crippen molar-refractivity contribution in [3.8, 4) is 0 Å². The number of piperidine rings is 1. The van der Waals surface area contributed by atoms with Gasteiger partial charge in [0.25, 0.3) is 0 Å². The zero-order valence-corrected chi connectivity index (χ0v) is 7.32. The van der Waals surface area contributed by atoms with Crippen LogP contribution >= 0.6 is 0 Å². The quantitative estimate of drug-likeness (QED) is 0.647. The van der Waals surface area contributed by atoms with Crippen molar-refractivity contribution in [2.45, 2.75) is 19.3 Å². The van der Waals surface area contributed by atoms with Crippen molar-refractivity contribution in [1.82, 2.24) is 9.47 Å². The fourth-order valence-corrected chi connectivity index (χ4v) is 1.65. The van der Waals surface area contributed by atoms with E-state index >= 15 is 0 Å². The first kappa shape index (κ1) is 7.87. The summed E-state index contributed by atoms with van der Waals surface area (Å²) in [6.45, 7) is 4.63. The first-order valence-electron chi connectivity index (χ1n) is 4.67. The van der Waals surface area contributed by atoms with Crippen LogP contribution in [-0.2, 0) is 0 Å². The summed E-state index contributed by atoms with van der Waals surface area (Å²) in [5.41, 5.74) is 0. The monoisotopic (exact) mass is 163 g/mol. The van der Waals surface area contributed by atoms with E-state index in [-0.39, 0.29) is 0 Å². The number of nitrogens with zero attached hydrogens (tertiary/aromatic N) is 2. The second-order valence-corrected chi connectivity index (χ2v) is 3.34.